The lowest BCUT2D eigenvalue weighted by atomic mass is 9.98. The quantitative estimate of drug-likeness (QED) is 0.287. The maximum atomic E-state index is 14.2. The summed E-state index contributed by atoms with van der Waals surface area (Å²) in [5.41, 5.74) is 4.69. The van der Waals surface area contributed by atoms with Crippen molar-refractivity contribution in [2.24, 2.45) is 4.99 Å². The first-order valence-electron chi connectivity index (χ1n) is 10.8. The number of benzene rings is 3. The number of aliphatic imine (C=N–C) groups is 1. The molecule has 4 rings (SSSR count). The summed E-state index contributed by atoms with van der Waals surface area (Å²) in [6, 6.07) is 28.9. The van der Waals surface area contributed by atoms with E-state index in [0.29, 0.717) is 23.5 Å². The van der Waals surface area contributed by atoms with Gasteiger partial charge in [0.25, 0.3) is 0 Å². The maximum absolute atomic E-state index is 14.2. The van der Waals surface area contributed by atoms with Crippen LogP contribution in [0.5, 0.6) is 0 Å². The third kappa shape index (κ3) is 4.24. The summed E-state index contributed by atoms with van der Waals surface area (Å²) in [5.74, 6) is 0.217. The molecule has 0 aliphatic carbocycles. The smallest absolute Gasteiger partial charge is 0.151 e. The highest BCUT2D eigenvalue weighted by atomic mass is 19.1. The molecule has 32 heavy (non-hydrogen) atoms. The van der Waals surface area contributed by atoms with E-state index in [-0.39, 0.29) is 5.82 Å². The third-order valence-corrected chi connectivity index (χ3v) is 5.42. The normalized spacial score (nSPS) is 11.0. The molecule has 0 radical (unpaired) electrons. The van der Waals surface area contributed by atoms with Gasteiger partial charge in [0.2, 0.25) is 0 Å². The highest BCUT2D eigenvalue weighted by molar-refractivity contribution is 5.92. The van der Waals surface area contributed by atoms with Gasteiger partial charge in [-0.15, -0.1) is 0 Å². The van der Waals surface area contributed by atoms with Crippen LogP contribution in [-0.4, -0.2) is 10.8 Å². The molecule has 1 heterocycles. The van der Waals surface area contributed by atoms with Gasteiger partial charge >= 0.3 is 0 Å². The Bertz CT molecular complexity index is 1270. The van der Waals surface area contributed by atoms with Crippen molar-refractivity contribution in [3.63, 3.8) is 0 Å². The second-order valence-electron chi connectivity index (χ2n) is 7.55. The monoisotopic (exact) mass is 421 g/mol. The molecule has 0 atom stereocenters. The van der Waals surface area contributed by atoms with Gasteiger partial charge in [-0.1, -0.05) is 92.2 Å². The van der Waals surface area contributed by atoms with Crippen molar-refractivity contribution in [1.29, 1.82) is 5.26 Å². The van der Waals surface area contributed by atoms with E-state index in [1.165, 1.54) is 12.3 Å². The van der Waals surface area contributed by atoms with E-state index in [0.717, 1.165) is 35.2 Å². The molecule has 4 aromatic rings. The van der Waals surface area contributed by atoms with E-state index in [1.807, 2.05) is 48.5 Å². The van der Waals surface area contributed by atoms with Crippen LogP contribution in [0.1, 0.15) is 30.9 Å². The molecular weight excluding hydrogens is 397 g/mol. The summed E-state index contributed by atoms with van der Waals surface area (Å²) in [4.78, 5) is 4.67. The lowest BCUT2D eigenvalue weighted by molar-refractivity contribution is 0.626. The fourth-order valence-electron chi connectivity index (χ4n) is 3.87. The van der Waals surface area contributed by atoms with Crippen LogP contribution in [0, 0.1) is 17.1 Å². The van der Waals surface area contributed by atoms with Crippen LogP contribution in [0.4, 0.5) is 10.2 Å². The van der Waals surface area contributed by atoms with E-state index >= 15 is 0 Å². The Kier molecular flexibility index (Phi) is 6.57. The first-order valence-corrected chi connectivity index (χ1v) is 10.8. The fraction of sp³-hybridized carbons (Fsp3) is 0.143. The lowest BCUT2D eigenvalue weighted by Gasteiger charge is -2.13. The molecule has 0 N–H and O–H groups in total. The SMILES string of the molecule is CCCCn1c(/N=C/c2ccccc2F)c(C#N)c(-c2ccccc2)c1-c1ccccc1. The van der Waals surface area contributed by atoms with Crippen LogP contribution in [-0.2, 0) is 6.54 Å². The van der Waals surface area contributed by atoms with Crippen molar-refractivity contribution in [3.05, 3.63) is 102 Å². The van der Waals surface area contributed by atoms with Crippen LogP contribution in [0.3, 0.4) is 0 Å². The number of rotatable bonds is 7. The largest absolute Gasteiger partial charge is 0.324 e. The topological polar surface area (TPSA) is 41.1 Å². The van der Waals surface area contributed by atoms with E-state index in [2.05, 4.69) is 34.7 Å². The number of unbranched alkanes of at least 4 members (excludes halogenated alkanes) is 1. The Morgan fingerprint density at radius 1 is 0.906 bits per heavy atom. The summed E-state index contributed by atoms with van der Waals surface area (Å²) in [7, 11) is 0. The van der Waals surface area contributed by atoms with Crippen LogP contribution < -0.4 is 0 Å². The van der Waals surface area contributed by atoms with Crippen LogP contribution in [0.15, 0.2) is 89.9 Å². The van der Waals surface area contributed by atoms with Gasteiger partial charge in [-0.2, -0.15) is 5.26 Å². The van der Waals surface area contributed by atoms with E-state index in [4.69, 9.17) is 0 Å². The highest BCUT2D eigenvalue weighted by Crippen LogP contribution is 2.42. The molecule has 0 spiro atoms. The number of halogens is 1. The first-order chi connectivity index (χ1) is 15.7. The molecule has 0 saturated heterocycles. The van der Waals surface area contributed by atoms with Gasteiger partial charge in [-0.3, -0.25) is 0 Å². The molecule has 0 fully saturated rings. The average molecular weight is 422 g/mol. The van der Waals surface area contributed by atoms with Crippen LogP contribution in [0.2, 0.25) is 0 Å². The Morgan fingerprint density at radius 2 is 1.53 bits per heavy atom. The zero-order valence-corrected chi connectivity index (χ0v) is 18.0. The van der Waals surface area contributed by atoms with Gasteiger partial charge < -0.3 is 4.57 Å². The van der Waals surface area contributed by atoms with Gasteiger partial charge in [0.15, 0.2) is 5.82 Å². The molecule has 0 unspecified atom stereocenters. The molecule has 0 amide bonds. The summed E-state index contributed by atoms with van der Waals surface area (Å²) in [6.45, 7) is 2.85. The second kappa shape index (κ2) is 9.89. The molecule has 0 saturated carbocycles. The fourth-order valence-corrected chi connectivity index (χ4v) is 3.87. The minimum absolute atomic E-state index is 0.340. The Balaban J connectivity index is 2.01. The average Bonchev–Trinajstić information content (AvgIpc) is 3.16. The molecule has 0 bridgehead atoms. The standard InChI is InChI=1S/C28H24FN3/c1-2-3-18-32-27(22-14-8-5-9-15-22)26(21-12-6-4-7-13-21)24(19-30)28(32)31-20-23-16-10-11-17-25(23)29/h4-17,20H,2-3,18H2,1H3/b31-20+. The van der Waals surface area contributed by atoms with Crippen molar-refractivity contribution in [1.82, 2.24) is 4.57 Å². The number of nitriles is 1. The van der Waals surface area contributed by atoms with E-state index in [9.17, 15) is 9.65 Å². The predicted molar refractivity (Wildman–Crippen MR) is 129 cm³/mol. The van der Waals surface area contributed by atoms with Crippen molar-refractivity contribution >= 4 is 12.0 Å². The minimum Gasteiger partial charge on any atom is -0.324 e. The zero-order valence-electron chi connectivity index (χ0n) is 18.0. The van der Waals surface area contributed by atoms with Crippen LogP contribution in [0.25, 0.3) is 22.4 Å². The predicted octanol–water partition coefficient (Wildman–Crippen LogP) is 7.38. The van der Waals surface area contributed by atoms with E-state index < -0.39 is 0 Å². The number of aromatic nitrogens is 1. The molecule has 158 valence electrons. The number of hydrogen-bond acceptors (Lipinski definition) is 2. The van der Waals surface area contributed by atoms with Crippen molar-refractivity contribution < 1.29 is 4.39 Å². The van der Waals surface area contributed by atoms with E-state index in [1.54, 1.807) is 18.2 Å². The summed E-state index contributed by atoms with van der Waals surface area (Å²) < 4.78 is 16.3. The first kappa shape index (κ1) is 21.3. The molecule has 3 nitrogen and oxygen atoms in total. The van der Waals surface area contributed by atoms with Crippen molar-refractivity contribution in [2.75, 3.05) is 0 Å². The van der Waals surface area contributed by atoms with Crippen LogP contribution >= 0.6 is 0 Å². The minimum atomic E-state index is -0.340. The van der Waals surface area contributed by atoms with Gasteiger partial charge in [0.05, 0.1) is 5.69 Å². The van der Waals surface area contributed by atoms with Gasteiger partial charge in [0, 0.05) is 23.9 Å². The van der Waals surface area contributed by atoms with Gasteiger partial charge in [0.1, 0.15) is 17.4 Å². The molecule has 0 aliphatic heterocycles. The molecular formula is C28H24FN3. The number of hydrogen-bond donors (Lipinski definition) is 0. The second-order valence-corrected chi connectivity index (χ2v) is 7.55. The Morgan fingerprint density at radius 3 is 2.16 bits per heavy atom. The molecule has 0 aliphatic rings. The maximum Gasteiger partial charge on any atom is 0.151 e. The van der Waals surface area contributed by atoms with Crippen molar-refractivity contribution in [2.45, 2.75) is 26.3 Å². The highest BCUT2D eigenvalue weighted by Gasteiger charge is 2.24. The molecule has 1 aromatic heterocycles. The molecule has 4 heteroatoms. The third-order valence-electron chi connectivity index (χ3n) is 5.42. The Hall–Kier alpha value is -3.97. The summed E-state index contributed by atoms with van der Waals surface area (Å²) >= 11 is 0. The summed E-state index contributed by atoms with van der Waals surface area (Å²) in [5, 5.41) is 10.2. The Labute approximate surface area is 188 Å². The van der Waals surface area contributed by atoms with Gasteiger partial charge in [-0.05, 0) is 23.6 Å². The zero-order chi connectivity index (χ0) is 22.3. The summed E-state index contributed by atoms with van der Waals surface area (Å²) in [6.07, 6.45) is 3.46. The lowest BCUT2D eigenvalue weighted by Crippen LogP contribution is -2.01. The van der Waals surface area contributed by atoms with Gasteiger partial charge in [-0.25, -0.2) is 9.38 Å². The number of nitrogens with zero attached hydrogens (tertiary/aromatic N) is 3. The molecule has 3 aromatic carbocycles. The van der Waals surface area contributed by atoms with Crippen molar-refractivity contribution in [3.8, 4) is 28.5 Å².